The SMILES string of the molecule is C#Cc1nc2ccccc2c(C(=O)O)c1O. The summed E-state index contributed by atoms with van der Waals surface area (Å²) in [5.41, 5.74) is 0.181. The number of nitrogens with zero attached hydrogens (tertiary/aromatic N) is 1. The van der Waals surface area contributed by atoms with E-state index < -0.39 is 11.7 Å². The Hall–Kier alpha value is -2.54. The number of benzene rings is 1. The molecule has 0 unspecified atom stereocenters. The van der Waals surface area contributed by atoms with E-state index in [4.69, 9.17) is 11.5 Å². The number of fused-ring (bicyclic) bond motifs is 1. The Morgan fingerprint density at radius 1 is 1.38 bits per heavy atom. The van der Waals surface area contributed by atoms with Gasteiger partial charge < -0.3 is 10.2 Å². The number of para-hydroxylation sites is 1. The third-order valence-corrected chi connectivity index (χ3v) is 2.22. The third kappa shape index (κ3) is 1.35. The van der Waals surface area contributed by atoms with Gasteiger partial charge in [0, 0.05) is 5.39 Å². The average Bonchev–Trinajstić information content (AvgIpc) is 2.27. The maximum absolute atomic E-state index is 11.0. The molecule has 0 fully saturated rings. The van der Waals surface area contributed by atoms with Crippen LogP contribution >= 0.6 is 0 Å². The van der Waals surface area contributed by atoms with Gasteiger partial charge in [0.2, 0.25) is 0 Å². The number of rotatable bonds is 1. The number of pyridine rings is 1. The predicted molar refractivity (Wildman–Crippen MR) is 58.3 cm³/mol. The minimum absolute atomic E-state index is 0.0592. The molecule has 78 valence electrons. The first-order chi connectivity index (χ1) is 7.65. The van der Waals surface area contributed by atoms with Crippen LogP contribution in [0.15, 0.2) is 24.3 Å². The number of aromatic carboxylic acids is 1. The summed E-state index contributed by atoms with van der Waals surface area (Å²) in [6.07, 6.45) is 5.15. The second-order valence-electron chi connectivity index (χ2n) is 3.15. The number of aromatic nitrogens is 1. The zero-order chi connectivity index (χ0) is 11.7. The zero-order valence-corrected chi connectivity index (χ0v) is 8.14. The molecule has 0 spiro atoms. The van der Waals surface area contributed by atoms with E-state index >= 15 is 0 Å². The van der Waals surface area contributed by atoms with E-state index in [1.165, 1.54) is 0 Å². The average molecular weight is 213 g/mol. The molecule has 4 nitrogen and oxygen atoms in total. The van der Waals surface area contributed by atoms with Gasteiger partial charge in [-0.3, -0.25) is 0 Å². The topological polar surface area (TPSA) is 70.4 Å². The number of hydrogen-bond donors (Lipinski definition) is 2. The van der Waals surface area contributed by atoms with Gasteiger partial charge in [0.15, 0.2) is 11.4 Å². The highest BCUT2D eigenvalue weighted by atomic mass is 16.4. The van der Waals surface area contributed by atoms with E-state index in [-0.39, 0.29) is 11.3 Å². The summed E-state index contributed by atoms with van der Waals surface area (Å²) in [5, 5.41) is 19.1. The molecule has 0 saturated carbocycles. The summed E-state index contributed by atoms with van der Waals surface area (Å²) in [4.78, 5) is 15.0. The smallest absolute Gasteiger partial charge is 0.340 e. The molecule has 1 heterocycles. The van der Waals surface area contributed by atoms with Gasteiger partial charge in [-0.2, -0.15) is 0 Å². The van der Waals surface area contributed by atoms with Crippen molar-refractivity contribution in [1.82, 2.24) is 4.98 Å². The Kier molecular flexibility index (Phi) is 2.22. The van der Waals surface area contributed by atoms with E-state index in [0.717, 1.165) is 0 Å². The third-order valence-electron chi connectivity index (χ3n) is 2.22. The maximum atomic E-state index is 11.0. The Labute approximate surface area is 91.2 Å². The molecule has 1 aromatic carbocycles. The molecule has 2 rings (SSSR count). The van der Waals surface area contributed by atoms with Crippen LogP contribution in [0.25, 0.3) is 10.9 Å². The monoisotopic (exact) mass is 213 g/mol. The van der Waals surface area contributed by atoms with Crippen molar-refractivity contribution in [1.29, 1.82) is 0 Å². The van der Waals surface area contributed by atoms with Gasteiger partial charge in [-0.15, -0.1) is 6.42 Å². The van der Waals surface area contributed by atoms with Crippen LogP contribution in [0.2, 0.25) is 0 Å². The molecule has 0 saturated heterocycles. The first kappa shape index (κ1) is 9.99. The van der Waals surface area contributed by atoms with Gasteiger partial charge in [0.25, 0.3) is 0 Å². The molecule has 1 aromatic heterocycles. The number of hydrogen-bond acceptors (Lipinski definition) is 3. The summed E-state index contributed by atoms with van der Waals surface area (Å²) in [5.74, 6) is 0.465. The Balaban J connectivity index is 2.98. The Bertz CT molecular complexity index is 626. The number of carboxylic acid groups (broad SMARTS) is 1. The summed E-state index contributed by atoms with van der Waals surface area (Å²) < 4.78 is 0. The van der Waals surface area contributed by atoms with Gasteiger partial charge in [-0.1, -0.05) is 18.2 Å². The lowest BCUT2D eigenvalue weighted by Crippen LogP contribution is -2.01. The number of carbonyl (C=O) groups is 1. The molecule has 0 atom stereocenters. The van der Waals surface area contributed by atoms with E-state index in [9.17, 15) is 9.90 Å². The highest BCUT2D eigenvalue weighted by molar-refractivity contribution is 6.05. The molecule has 2 N–H and O–H groups in total. The van der Waals surface area contributed by atoms with Crippen LogP contribution in [-0.2, 0) is 0 Å². The van der Waals surface area contributed by atoms with Crippen LogP contribution in [0.1, 0.15) is 16.1 Å². The number of carboxylic acids is 1. The molecule has 0 aliphatic carbocycles. The van der Waals surface area contributed by atoms with Crippen molar-refractivity contribution in [3.8, 4) is 18.1 Å². The maximum Gasteiger partial charge on any atom is 0.340 e. The van der Waals surface area contributed by atoms with Gasteiger partial charge in [0.1, 0.15) is 5.56 Å². The highest BCUT2D eigenvalue weighted by Gasteiger charge is 2.18. The van der Waals surface area contributed by atoms with Gasteiger partial charge in [-0.05, 0) is 12.0 Å². The van der Waals surface area contributed by atoms with Crippen LogP contribution < -0.4 is 0 Å². The second-order valence-corrected chi connectivity index (χ2v) is 3.15. The van der Waals surface area contributed by atoms with Crippen LogP contribution in [-0.4, -0.2) is 21.2 Å². The minimum atomic E-state index is -1.23. The second kappa shape index (κ2) is 3.55. The molecular weight excluding hydrogens is 206 g/mol. The van der Waals surface area contributed by atoms with E-state index in [0.29, 0.717) is 10.9 Å². The van der Waals surface area contributed by atoms with Crippen molar-refractivity contribution in [2.75, 3.05) is 0 Å². The van der Waals surface area contributed by atoms with Crippen LogP contribution in [0.5, 0.6) is 5.75 Å². The molecule has 16 heavy (non-hydrogen) atoms. The van der Waals surface area contributed by atoms with E-state index in [1.807, 2.05) is 0 Å². The highest BCUT2D eigenvalue weighted by Crippen LogP contribution is 2.28. The molecular formula is C12H7NO3. The summed E-state index contributed by atoms with van der Waals surface area (Å²) in [6, 6.07) is 6.61. The first-order valence-electron chi connectivity index (χ1n) is 4.46. The molecule has 0 radical (unpaired) electrons. The lowest BCUT2D eigenvalue weighted by atomic mass is 10.1. The fourth-order valence-corrected chi connectivity index (χ4v) is 1.52. The van der Waals surface area contributed by atoms with Crippen molar-refractivity contribution in [3.63, 3.8) is 0 Å². The lowest BCUT2D eigenvalue weighted by Gasteiger charge is -2.06. The van der Waals surface area contributed by atoms with Crippen LogP contribution in [0.3, 0.4) is 0 Å². The summed E-state index contributed by atoms with van der Waals surface area (Å²) >= 11 is 0. The molecule has 0 aliphatic heterocycles. The predicted octanol–water partition coefficient (Wildman–Crippen LogP) is 1.62. The summed E-state index contributed by atoms with van der Waals surface area (Å²) in [6.45, 7) is 0. The van der Waals surface area contributed by atoms with Crippen molar-refractivity contribution < 1.29 is 15.0 Å². The molecule has 0 bridgehead atoms. The lowest BCUT2D eigenvalue weighted by molar-refractivity contribution is 0.0696. The van der Waals surface area contributed by atoms with Crippen molar-refractivity contribution >= 4 is 16.9 Å². The Morgan fingerprint density at radius 3 is 2.69 bits per heavy atom. The standard InChI is InChI=1S/C12H7NO3/c1-2-8-11(14)10(12(15)16)7-5-3-4-6-9(7)13-8/h1,3-6,14H,(H,15,16). The summed E-state index contributed by atoms with van der Waals surface area (Å²) in [7, 11) is 0. The van der Waals surface area contributed by atoms with E-state index in [2.05, 4.69) is 10.9 Å². The molecule has 4 heteroatoms. The zero-order valence-electron chi connectivity index (χ0n) is 8.14. The van der Waals surface area contributed by atoms with Crippen molar-refractivity contribution in [2.24, 2.45) is 0 Å². The number of terminal acetylenes is 1. The van der Waals surface area contributed by atoms with Crippen LogP contribution in [0, 0.1) is 12.3 Å². The van der Waals surface area contributed by atoms with Crippen molar-refractivity contribution in [2.45, 2.75) is 0 Å². The van der Waals surface area contributed by atoms with Gasteiger partial charge >= 0.3 is 5.97 Å². The van der Waals surface area contributed by atoms with Crippen molar-refractivity contribution in [3.05, 3.63) is 35.5 Å². The fourth-order valence-electron chi connectivity index (χ4n) is 1.52. The van der Waals surface area contributed by atoms with E-state index in [1.54, 1.807) is 24.3 Å². The molecule has 0 aliphatic rings. The Morgan fingerprint density at radius 2 is 2.06 bits per heavy atom. The van der Waals surface area contributed by atoms with Gasteiger partial charge in [-0.25, -0.2) is 9.78 Å². The van der Waals surface area contributed by atoms with Gasteiger partial charge in [0.05, 0.1) is 5.52 Å². The quantitative estimate of drug-likeness (QED) is 0.706. The number of aromatic hydroxyl groups is 1. The fraction of sp³-hybridized carbons (Fsp3) is 0. The normalized spacial score (nSPS) is 9.94. The first-order valence-corrected chi connectivity index (χ1v) is 4.46. The molecule has 0 amide bonds. The molecule has 2 aromatic rings. The largest absolute Gasteiger partial charge is 0.504 e. The van der Waals surface area contributed by atoms with Crippen LogP contribution in [0.4, 0.5) is 0 Å². The minimum Gasteiger partial charge on any atom is -0.504 e.